The number of nitrogens with zero attached hydrogens (tertiary/aromatic N) is 3. The minimum Gasteiger partial charge on any atom is -0.449 e. The van der Waals surface area contributed by atoms with Crippen LogP contribution in [0.4, 0.5) is 11.5 Å². The van der Waals surface area contributed by atoms with Gasteiger partial charge in [-0.2, -0.15) is 0 Å². The Balaban J connectivity index is 1.39. The second kappa shape index (κ2) is 11.1. The number of carbonyl (C=O) groups excluding carboxylic acids is 4. The van der Waals surface area contributed by atoms with Gasteiger partial charge >= 0.3 is 0 Å². The monoisotopic (exact) mass is 551 g/mol. The average Bonchev–Trinajstić information content (AvgIpc) is 3.52. The summed E-state index contributed by atoms with van der Waals surface area (Å²) in [5, 5.41) is 6.53. The minimum atomic E-state index is -0.604. The van der Waals surface area contributed by atoms with Gasteiger partial charge in [0.15, 0.2) is 0 Å². The molecule has 0 atom stereocenters. The molecule has 10 nitrogen and oxygen atoms in total. The number of benzene rings is 1. The number of pyridine rings is 1. The van der Waals surface area contributed by atoms with Crippen LogP contribution in [0.15, 0.2) is 40.9 Å². The summed E-state index contributed by atoms with van der Waals surface area (Å²) in [5.74, 6) is -0.924. The number of anilines is 2. The van der Waals surface area contributed by atoms with Gasteiger partial charge in [-0.05, 0) is 62.4 Å². The molecule has 2 fully saturated rings. The van der Waals surface area contributed by atoms with Gasteiger partial charge in [0.2, 0.25) is 17.6 Å². The van der Waals surface area contributed by atoms with Crippen molar-refractivity contribution in [2.24, 2.45) is 5.92 Å². The van der Waals surface area contributed by atoms with Gasteiger partial charge in [0, 0.05) is 56.2 Å². The predicted octanol–water partition coefficient (Wildman–Crippen LogP) is 4.56. The fourth-order valence-corrected chi connectivity index (χ4v) is 5.44. The molecule has 2 aromatic heterocycles. The highest BCUT2D eigenvalue weighted by Gasteiger charge is 2.34. The smallest absolute Gasteiger partial charge is 0.294 e. The molecule has 1 saturated carbocycles. The molecule has 1 saturated heterocycles. The lowest BCUT2D eigenvalue weighted by Crippen LogP contribution is -2.40. The highest BCUT2D eigenvalue weighted by Crippen LogP contribution is 2.35. The molecule has 39 heavy (non-hydrogen) atoms. The van der Waals surface area contributed by atoms with Gasteiger partial charge in [-0.15, -0.1) is 0 Å². The molecule has 1 aromatic carbocycles. The lowest BCUT2D eigenvalue weighted by molar-refractivity contribution is -0.130. The first-order chi connectivity index (χ1) is 18.7. The standard InChI is InChI=1S/C28H30ClN5O5/c1-33(2)28(38)17-7-11-20-21(14-17)39-25(27(37)31-22-12-8-18(29)15-30-22)24(20)32-26(36)16-5-9-19(10-6-16)34-13-3-4-23(34)35/h7-8,11-12,14-16,19H,3-6,9-10,13H2,1-2H3,(H,32,36)(H,30,31,37). The molecular weight excluding hydrogens is 522 g/mol. The molecule has 1 aliphatic carbocycles. The fourth-order valence-electron chi connectivity index (χ4n) is 5.32. The van der Waals surface area contributed by atoms with Crippen LogP contribution in [0.3, 0.4) is 0 Å². The first kappa shape index (κ1) is 26.7. The van der Waals surface area contributed by atoms with Gasteiger partial charge < -0.3 is 24.9 Å². The number of halogens is 1. The summed E-state index contributed by atoms with van der Waals surface area (Å²) in [4.78, 5) is 58.8. The van der Waals surface area contributed by atoms with Crippen LogP contribution in [0.2, 0.25) is 5.02 Å². The Morgan fingerprint density at radius 3 is 2.49 bits per heavy atom. The van der Waals surface area contributed by atoms with Gasteiger partial charge in [-0.25, -0.2) is 4.98 Å². The second-order valence-corrected chi connectivity index (χ2v) is 10.7. The van der Waals surface area contributed by atoms with Gasteiger partial charge in [-0.3, -0.25) is 19.2 Å². The third kappa shape index (κ3) is 5.61. The number of hydrogen-bond acceptors (Lipinski definition) is 6. The molecule has 4 amide bonds. The Bertz CT molecular complexity index is 1430. The van der Waals surface area contributed by atoms with Crippen molar-refractivity contribution in [1.82, 2.24) is 14.8 Å². The van der Waals surface area contributed by atoms with E-state index in [9.17, 15) is 19.2 Å². The summed E-state index contributed by atoms with van der Waals surface area (Å²) in [6.07, 6.45) is 5.73. The maximum Gasteiger partial charge on any atom is 0.294 e. The molecule has 3 heterocycles. The summed E-state index contributed by atoms with van der Waals surface area (Å²) in [7, 11) is 3.29. The van der Waals surface area contributed by atoms with E-state index >= 15 is 0 Å². The highest BCUT2D eigenvalue weighted by atomic mass is 35.5. The van der Waals surface area contributed by atoms with Crippen molar-refractivity contribution in [3.8, 4) is 0 Å². The molecule has 0 radical (unpaired) electrons. The van der Waals surface area contributed by atoms with Gasteiger partial charge in [0.05, 0.1) is 5.02 Å². The molecular formula is C28H30ClN5O5. The zero-order valence-corrected chi connectivity index (χ0v) is 22.6. The summed E-state index contributed by atoms with van der Waals surface area (Å²) in [5.41, 5.74) is 0.922. The lowest BCUT2D eigenvalue weighted by atomic mass is 9.84. The zero-order valence-electron chi connectivity index (χ0n) is 21.8. The van der Waals surface area contributed by atoms with Crippen LogP contribution in [-0.4, -0.2) is 65.1 Å². The largest absolute Gasteiger partial charge is 0.449 e. The van der Waals surface area contributed by atoms with E-state index in [-0.39, 0.29) is 46.9 Å². The molecule has 204 valence electrons. The quantitative estimate of drug-likeness (QED) is 0.463. The Kier molecular flexibility index (Phi) is 7.56. The van der Waals surface area contributed by atoms with Gasteiger partial charge in [0.1, 0.15) is 17.1 Å². The van der Waals surface area contributed by atoms with Crippen LogP contribution in [-0.2, 0) is 9.59 Å². The van der Waals surface area contributed by atoms with Crippen molar-refractivity contribution in [1.29, 1.82) is 0 Å². The molecule has 0 bridgehead atoms. The maximum absolute atomic E-state index is 13.4. The van der Waals surface area contributed by atoms with Crippen molar-refractivity contribution in [3.63, 3.8) is 0 Å². The van der Waals surface area contributed by atoms with Crippen LogP contribution in [0.25, 0.3) is 11.0 Å². The summed E-state index contributed by atoms with van der Waals surface area (Å²) >= 11 is 5.90. The molecule has 2 N–H and O–H groups in total. The number of likely N-dealkylation sites (tertiary alicyclic amines) is 1. The number of hydrogen-bond donors (Lipinski definition) is 2. The number of aromatic nitrogens is 1. The van der Waals surface area contributed by atoms with Crippen molar-refractivity contribution in [3.05, 3.63) is 52.9 Å². The van der Waals surface area contributed by atoms with Crippen molar-refractivity contribution < 1.29 is 23.6 Å². The molecule has 11 heteroatoms. The Morgan fingerprint density at radius 1 is 1.08 bits per heavy atom. The number of carbonyl (C=O) groups is 4. The molecule has 2 aliphatic rings. The van der Waals surface area contributed by atoms with Crippen LogP contribution in [0.5, 0.6) is 0 Å². The normalized spacial score (nSPS) is 19.3. The number of rotatable bonds is 6. The Morgan fingerprint density at radius 2 is 1.85 bits per heavy atom. The lowest BCUT2D eigenvalue weighted by Gasteiger charge is -2.34. The molecule has 5 rings (SSSR count). The Labute approximate surface area is 230 Å². The molecule has 0 spiro atoms. The van der Waals surface area contributed by atoms with Crippen LogP contribution in [0, 0.1) is 5.92 Å². The SMILES string of the molecule is CN(C)C(=O)c1ccc2c(NC(=O)C3CCC(N4CCCC4=O)CC3)c(C(=O)Nc3ccc(Cl)cn3)oc2c1. The third-order valence-electron chi connectivity index (χ3n) is 7.38. The average molecular weight is 552 g/mol. The number of nitrogens with one attached hydrogen (secondary N) is 2. The van der Waals surface area contributed by atoms with Crippen LogP contribution in [0.1, 0.15) is 59.4 Å². The maximum atomic E-state index is 13.4. The van der Waals surface area contributed by atoms with Crippen molar-refractivity contribution in [2.75, 3.05) is 31.3 Å². The van der Waals surface area contributed by atoms with E-state index in [0.29, 0.717) is 40.8 Å². The summed E-state index contributed by atoms with van der Waals surface area (Å²) < 4.78 is 5.92. The number of amides is 4. The third-order valence-corrected chi connectivity index (χ3v) is 7.61. The topological polar surface area (TPSA) is 125 Å². The van der Waals surface area contributed by atoms with Crippen molar-refractivity contribution >= 4 is 57.7 Å². The number of fused-ring (bicyclic) bond motifs is 1. The van der Waals surface area contributed by atoms with E-state index in [1.807, 2.05) is 4.90 Å². The number of furan rings is 1. The summed E-state index contributed by atoms with van der Waals surface area (Å²) in [6.45, 7) is 0.792. The molecule has 1 aliphatic heterocycles. The van der Waals surface area contributed by atoms with E-state index in [1.165, 1.54) is 11.1 Å². The van der Waals surface area contributed by atoms with E-state index in [4.69, 9.17) is 16.0 Å². The van der Waals surface area contributed by atoms with E-state index in [1.54, 1.807) is 44.4 Å². The van der Waals surface area contributed by atoms with Gasteiger partial charge in [0.25, 0.3) is 11.8 Å². The highest BCUT2D eigenvalue weighted by molar-refractivity contribution is 6.30. The predicted molar refractivity (Wildman–Crippen MR) is 147 cm³/mol. The fraction of sp³-hybridized carbons (Fsp3) is 0.393. The van der Waals surface area contributed by atoms with Crippen LogP contribution < -0.4 is 10.6 Å². The van der Waals surface area contributed by atoms with E-state index in [2.05, 4.69) is 15.6 Å². The molecule has 3 aromatic rings. The Hall–Kier alpha value is -3.92. The minimum absolute atomic E-state index is 0.0964. The first-order valence-electron chi connectivity index (χ1n) is 13.0. The van der Waals surface area contributed by atoms with Crippen LogP contribution >= 0.6 is 11.6 Å². The summed E-state index contributed by atoms with van der Waals surface area (Å²) in [6, 6.07) is 8.19. The molecule has 0 unspecified atom stereocenters. The first-order valence-corrected chi connectivity index (χ1v) is 13.4. The van der Waals surface area contributed by atoms with Crippen molar-refractivity contribution in [2.45, 2.75) is 44.6 Å². The second-order valence-electron chi connectivity index (χ2n) is 10.2. The van der Waals surface area contributed by atoms with E-state index < -0.39 is 5.91 Å². The van der Waals surface area contributed by atoms with E-state index in [0.717, 1.165) is 25.8 Å². The zero-order chi connectivity index (χ0) is 27.7. The van der Waals surface area contributed by atoms with Gasteiger partial charge in [-0.1, -0.05) is 11.6 Å².